The normalized spacial score (nSPS) is 14.7. The molecule has 0 unspecified atom stereocenters. The Balaban J connectivity index is 1.93. The summed E-state index contributed by atoms with van der Waals surface area (Å²) in [5.41, 5.74) is 0.925. The van der Waals surface area contributed by atoms with Crippen LogP contribution in [0.2, 0.25) is 5.02 Å². The molecule has 1 saturated carbocycles. The Hall–Kier alpha value is -0.840. The molecule has 0 amide bonds. The van der Waals surface area contributed by atoms with E-state index in [1.807, 2.05) is 26.1 Å². The lowest BCUT2D eigenvalue weighted by molar-refractivity contribution is 0.154. The van der Waals surface area contributed by atoms with E-state index in [9.17, 15) is 0 Å². The molecule has 0 radical (unpaired) electrons. The first kappa shape index (κ1) is 14.6. The van der Waals surface area contributed by atoms with Crippen LogP contribution in [0, 0.1) is 0 Å². The molecule has 0 atom stereocenters. The molecule has 1 aromatic rings. The van der Waals surface area contributed by atoms with Crippen LogP contribution < -0.4 is 10.2 Å². The molecular formula is C14H22ClN3O. The van der Waals surface area contributed by atoms with Crippen molar-refractivity contribution in [1.82, 2.24) is 10.3 Å². The van der Waals surface area contributed by atoms with Crippen LogP contribution in [0.15, 0.2) is 12.1 Å². The molecule has 0 bridgehead atoms. The average Bonchev–Trinajstić information content (AvgIpc) is 3.22. The molecule has 1 fully saturated rings. The van der Waals surface area contributed by atoms with E-state index in [1.54, 1.807) is 0 Å². The monoisotopic (exact) mass is 283 g/mol. The van der Waals surface area contributed by atoms with Crippen LogP contribution in [0.5, 0.6) is 0 Å². The summed E-state index contributed by atoms with van der Waals surface area (Å²) in [5, 5.41) is 4.17. The van der Waals surface area contributed by atoms with Crippen LogP contribution in [-0.4, -0.2) is 37.8 Å². The molecule has 0 aromatic carbocycles. The van der Waals surface area contributed by atoms with Gasteiger partial charge in [0.15, 0.2) is 0 Å². The standard InChI is InChI=1S/C14H22ClN3O/c1-3-19-9-8-18(2)14-7-6-12(15)13(17-14)10-16-11-4-5-11/h6-7,11,16H,3-5,8-10H2,1-2H3. The van der Waals surface area contributed by atoms with Gasteiger partial charge in [0, 0.05) is 32.8 Å². The summed E-state index contributed by atoms with van der Waals surface area (Å²) >= 11 is 6.19. The Morgan fingerprint density at radius 2 is 2.26 bits per heavy atom. The fourth-order valence-electron chi connectivity index (χ4n) is 1.80. The van der Waals surface area contributed by atoms with Crippen molar-refractivity contribution < 1.29 is 4.74 Å². The van der Waals surface area contributed by atoms with Crippen molar-refractivity contribution in [3.63, 3.8) is 0 Å². The molecule has 4 nitrogen and oxygen atoms in total. The van der Waals surface area contributed by atoms with E-state index >= 15 is 0 Å². The number of nitrogens with one attached hydrogen (secondary N) is 1. The summed E-state index contributed by atoms with van der Waals surface area (Å²) in [4.78, 5) is 6.72. The van der Waals surface area contributed by atoms with E-state index in [0.717, 1.165) is 36.2 Å². The lowest BCUT2D eigenvalue weighted by Crippen LogP contribution is -2.24. The molecule has 1 aliphatic carbocycles. The van der Waals surface area contributed by atoms with Gasteiger partial charge < -0.3 is 15.0 Å². The number of anilines is 1. The van der Waals surface area contributed by atoms with Crippen molar-refractivity contribution in [2.75, 3.05) is 31.7 Å². The van der Waals surface area contributed by atoms with E-state index in [4.69, 9.17) is 16.3 Å². The van der Waals surface area contributed by atoms with E-state index in [2.05, 4.69) is 15.2 Å². The van der Waals surface area contributed by atoms with Gasteiger partial charge in [-0.25, -0.2) is 4.98 Å². The number of ether oxygens (including phenoxy) is 1. The summed E-state index contributed by atoms with van der Waals surface area (Å²) in [7, 11) is 2.02. The number of hydrogen-bond donors (Lipinski definition) is 1. The number of aromatic nitrogens is 1. The Kier molecular flexibility index (Phi) is 5.43. The highest BCUT2D eigenvalue weighted by Gasteiger charge is 2.20. The van der Waals surface area contributed by atoms with E-state index in [0.29, 0.717) is 12.6 Å². The molecule has 0 saturated heterocycles. The first-order chi connectivity index (χ1) is 9.20. The van der Waals surface area contributed by atoms with Gasteiger partial charge in [-0.15, -0.1) is 0 Å². The summed E-state index contributed by atoms with van der Waals surface area (Å²) < 4.78 is 5.36. The lowest BCUT2D eigenvalue weighted by atomic mass is 10.3. The largest absolute Gasteiger partial charge is 0.380 e. The Morgan fingerprint density at radius 3 is 2.95 bits per heavy atom. The third kappa shape index (κ3) is 4.64. The van der Waals surface area contributed by atoms with Gasteiger partial charge >= 0.3 is 0 Å². The minimum Gasteiger partial charge on any atom is -0.380 e. The Morgan fingerprint density at radius 1 is 1.47 bits per heavy atom. The van der Waals surface area contributed by atoms with Crippen LogP contribution in [0.25, 0.3) is 0 Å². The molecule has 0 spiro atoms. The van der Waals surface area contributed by atoms with Crippen LogP contribution in [-0.2, 0) is 11.3 Å². The van der Waals surface area contributed by atoms with Gasteiger partial charge in [-0.3, -0.25) is 0 Å². The molecule has 106 valence electrons. The van der Waals surface area contributed by atoms with Crippen molar-refractivity contribution in [2.45, 2.75) is 32.4 Å². The minimum atomic E-state index is 0.664. The van der Waals surface area contributed by atoms with E-state index in [1.165, 1.54) is 12.8 Å². The van der Waals surface area contributed by atoms with Gasteiger partial charge in [0.2, 0.25) is 0 Å². The zero-order valence-electron chi connectivity index (χ0n) is 11.7. The maximum absolute atomic E-state index is 6.19. The molecule has 0 aliphatic heterocycles. The maximum Gasteiger partial charge on any atom is 0.128 e. The predicted molar refractivity (Wildman–Crippen MR) is 78.9 cm³/mol. The first-order valence-electron chi connectivity index (χ1n) is 6.88. The van der Waals surface area contributed by atoms with Crippen molar-refractivity contribution in [2.24, 2.45) is 0 Å². The number of hydrogen-bond acceptors (Lipinski definition) is 4. The van der Waals surface area contributed by atoms with Crippen molar-refractivity contribution >= 4 is 17.4 Å². The van der Waals surface area contributed by atoms with Crippen LogP contribution >= 0.6 is 11.6 Å². The predicted octanol–water partition coefficient (Wildman–Crippen LogP) is 2.46. The first-order valence-corrected chi connectivity index (χ1v) is 7.26. The lowest BCUT2D eigenvalue weighted by Gasteiger charge is -2.19. The number of nitrogens with zero attached hydrogens (tertiary/aromatic N) is 2. The fraction of sp³-hybridized carbons (Fsp3) is 0.643. The highest BCUT2D eigenvalue weighted by atomic mass is 35.5. The molecule has 1 aliphatic rings. The third-order valence-electron chi connectivity index (χ3n) is 3.21. The Labute approximate surface area is 120 Å². The third-order valence-corrected chi connectivity index (χ3v) is 3.55. The van der Waals surface area contributed by atoms with Crippen molar-refractivity contribution in [3.8, 4) is 0 Å². The number of likely N-dealkylation sites (N-methyl/N-ethyl adjacent to an activating group) is 1. The van der Waals surface area contributed by atoms with Gasteiger partial charge in [-0.1, -0.05) is 11.6 Å². The highest BCUT2D eigenvalue weighted by molar-refractivity contribution is 6.31. The smallest absolute Gasteiger partial charge is 0.128 e. The Bertz CT molecular complexity index is 410. The second kappa shape index (κ2) is 7.08. The summed E-state index contributed by atoms with van der Waals surface area (Å²) in [6.45, 7) is 5.04. The minimum absolute atomic E-state index is 0.664. The number of halogens is 1. The quantitative estimate of drug-likeness (QED) is 0.744. The molecule has 1 heterocycles. The zero-order valence-corrected chi connectivity index (χ0v) is 12.4. The highest BCUT2D eigenvalue weighted by Crippen LogP contribution is 2.22. The van der Waals surface area contributed by atoms with Gasteiger partial charge in [-0.05, 0) is 31.9 Å². The molecule has 19 heavy (non-hydrogen) atoms. The van der Waals surface area contributed by atoms with Crippen LogP contribution in [0.4, 0.5) is 5.82 Å². The van der Waals surface area contributed by atoms with Gasteiger partial charge in [0.25, 0.3) is 0 Å². The summed E-state index contributed by atoms with van der Waals surface area (Å²) in [5.74, 6) is 0.941. The van der Waals surface area contributed by atoms with Gasteiger partial charge in [-0.2, -0.15) is 0 Å². The fourth-order valence-corrected chi connectivity index (χ4v) is 1.97. The zero-order chi connectivity index (χ0) is 13.7. The summed E-state index contributed by atoms with van der Waals surface area (Å²) in [6, 6.07) is 4.54. The topological polar surface area (TPSA) is 37.4 Å². The molecule has 1 N–H and O–H groups in total. The SMILES string of the molecule is CCOCCN(C)c1ccc(Cl)c(CNC2CC2)n1. The van der Waals surface area contributed by atoms with Gasteiger partial charge in [0.1, 0.15) is 5.82 Å². The van der Waals surface area contributed by atoms with E-state index < -0.39 is 0 Å². The summed E-state index contributed by atoms with van der Waals surface area (Å²) in [6.07, 6.45) is 2.54. The average molecular weight is 284 g/mol. The second-order valence-electron chi connectivity index (χ2n) is 4.87. The van der Waals surface area contributed by atoms with Gasteiger partial charge in [0.05, 0.1) is 17.3 Å². The maximum atomic E-state index is 6.19. The second-order valence-corrected chi connectivity index (χ2v) is 5.28. The number of rotatable bonds is 8. The molecule has 5 heteroatoms. The van der Waals surface area contributed by atoms with E-state index in [-0.39, 0.29) is 0 Å². The van der Waals surface area contributed by atoms with Crippen LogP contribution in [0.1, 0.15) is 25.5 Å². The molecule has 2 rings (SSSR count). The number of pyridine rings is 1. The molecular weight excluding hydrogens is 262 g/mol. The van der Waals surface area contributed by atoms with Crippen LogP contribution in [0.3, 0.4) is 0 Å². The van der Waals surface area contributed by atoms with Crippen molar-refractivity contribution in [1.29, 1.82) is 0 Å². The molecule has 1 aromatic heterocycles. The van der Waals surface area contributed by atoms with Crippen molar-refractivity contribution in [3.05, 3.63) is 22.8 Å².